The van der Waals surface area contributed by atoms with E-state index in [9.17, 15) is 0 Å². The van der Waals surface area contributed by atoms with E-state index in [0.717, 1.165) is 12.2 Å². The van der Waals surface area contributed by atoms with Gasteiger partial charge in [0.1, 0.15) is 0 Å². The molecule has 1 aliphatic rings. The number of fused-ring (bicyclic) bond motifs is 1. The van der Waals surface area contributed by atoms with Crippen LogP contribution in [0.2, 0.25) is 0 Å². The van der Waals surface area contributed by atoms with Gasteiger partial charge in [0.05, 0.1) is 0 Å². The van der Waals surface area contributed by atoms with E-state index in [1.54, 1.807) is 0 Å². The van der Waals surface area contributed by atoms with E-state index in [4.69, 9.17) is 12.2 Å². The van der Waals surface area contributed by atoms with Crippen LogP contribution < -0.4 is 0 Å². The van der Waals surface area contributed by atoms with Crippen molar-refractivity contribution in [2.45, 2.75) is 12.2 Å². The van der Waals surface area contributed by atoms with Gasteiger partial charge < -0.3 is 4.98 Å². The molecule has 0 fully saturated rings. The Bertz CT molecular complexity index is 318. The average molecular weight is 184 g/mol. The largest absolute Gasteiger partial charge is 0.333 e. The minimum absolute atomic E-state index is 0.603. The van der Waals surface area contributed by atoms with Crippen molar-refractivity contribution in [3.05, 3.63) is 22.2 Å². The summed E-state index contributed by atoms with van der Waals surface area (Å²) in [4.78, 5) is 7.15. The second-order valence-electron chi connectivity index (χ2n) is 2.49. The van der Waals surface area contributed by atoms with Gasteiger partial charge in [0.15, 0.2) is 4.77 Å². The van der Waals surface area contributed by atoms with E-state index in [2.05, 4.69) is 9.97 Å². The van der Waals surface area contributed by atoms with E-state index in [-0.39, 0.29) is 0 Å². The maximum Gasteiger partial charge on any atom is 0.196 e. The predicted molar refractivity (Wildman–Crippen MR) is 49.3 cm³/mol. The molecule has 0 unspecified atom stereocenters. The molecule has 0 atom stereocenters. The standard InChI is InChI=1S/C7H8N2S2/c10-7-8-3-5-1-2-11-4-6(5)9-7/h3H,1-2,4H2,(H,8,9,10). The molecule has 4 heteroatoms. The van der Waals surface area contributed by atoms with Crippen LogP contribution in [-0.4, -0.2) is 15.7 Å². The Morgan fingerprint density at radius 2 is 2.55 bits per heavy atom. The fraction of sp³-hybridized carbons (Fsp3) is 0.429. The van der Waals surface area contributed by atoms with Gasteiger partial charge in [-0.05, 0) is 30.0 Å². The van der Waals surface area contributed by atoms with Crippen LogP contribution >= 0.6 is 24.0 Å². The maximum absolute atomic E-state index is 4.92. The van der Waals surface area contributed by atoms with Crippen molar-refractivity contribution >= 4 is 24.0 Å². The van der Waals surface area contributed by atoms with Crippen LogP contribution in [-0.2, 0) is 12.2 Å². The first-order valence-corrected chi connectivity index (χ1v) is 5.07. The summed E-state index contributed by atoms with van der Waals surface area (Å²) in [5, 5.41) is 0. The van der Waals surface area contributed by atoms with Crippen molar-refractivity contribution in [3.63, 3.8) is 0 Å². The minimum atomic E-state index is 0.603. The normalized spacial score (nSPS) is 16.0. The lowest BCUT2D eigenvalue weighted by molar-refractivity contribution is 0.958. The first-order valence-electron chi connectivity index (χ1n) is 3.51. The molecule has 0 saturated carbocycles. The van der Waals surface area contributed by atoms with Crippen LogP contribution in [0.5, 0.6) is 0 Å². The highest BCUT2D eigenvalue weighted by molar-refractivity contribution is 7.98. The Morgan fingerprint density at radius 3 is 3.45 bits per heavy atom. The lowest BCUT2D eigenvalue weighted by Crippen LogP contribution is -2.05. The van der Waals surface area contributed by atoms with Crippen molar-refractivity contribution in [2.75, 3.05) is 5.75 Å². The number of nitrogens with zero attached hydrogens (tertiary/aromatic N) is 1. The number of H-pyrrole nitrogens is 1. The van der Waals surface area contributed by atoms with E-state index in [0.29, 0.717) is 4.77 Å². The van der Waals surface area contributed by atoms with Gasteiger partial charge in [0, 0.05) is 17.6 Å². The molecule has 0 saturated heterocycles. The third kappa shape index (κ3) is 1.46. The molecule has 1 N–H and O–H groups in total. The zero-order valence-electron chi connectivity index (χ0n) is 5.96. The highest BCUT2D eigenvalue weighted by atomic mass is 32.2. The number of rotatable bonds is 0. The topological polar surface area (TPSA) is 28.7 Å². The van der Waals surface area contributed by atoms with Gasteiger partial charge in [-0.3, -0.25) is 0 Å². The molecule has 0 spiro atoms. The lowest BCUT2D eigenvalue weighted by Gasteiger charge is -2.13. The van der Waals surface area contributed by atoms with E-state index >= 15 is 0 Å². The average Bonchev–Trinajstić information content (AvgIpc) is 2.04. The molecule has 0 aliphatic carbocycles. The van der Waals surface area contributed by atoms with E-state index in [1.807, 2.05) is 18.0 Å². The lowest BCUT2D eigenvalue weighted by atomic mass is 10.2. The Balaban J connectivity index is 2.51. The van der Waals surface area contributed by atoms with Gasteiger partial charge in [-0.15, -0.1) is 0 Å². The zero-order chi connectivity index (χ0) is 7.68. The number of hydrogen-bond donors (Lipinski definition) is 1. The van der Waals surface area contributed by atoms with Crippen molar-refractivity contribution in [1.82, 2.24) is 9.97 Å². The summed E-state index contributed by atoms with van der Waals surface area (Å²) in [5.74, 6) is 2.26. The highest BCUT2D eigenvalue weighted by Crippen LogP contribution is 2.21. The zero-order valence-corrected chi connectivity index (χ0v) is 7.60. The Hall–Kier alpha value is -0.350. The smallest absolute Gasteiger partial charge is 0.196 e. The molecule has 1 aromatic rings. The fourth-order valence-electron chi connectivity index (χ4n) is 1.16. The third-order valence-electron chi connectivity index (χ3n) is 1.75. The van der Waals surface area contributed by atoms with Crippen LogP contribution in [0.15, 0.2) is 6.20 Å². The highest BCUT2D eigenvalue weighted by Gasteiger charge is 2.08. The van der Waals surface area contributed by atoms with Crippen molar-refractivity contribution in [2.24, 2.45) is 0 Å². The van der Waals surface area contributed by atoms with Crippen LogP contribution in [0.25, 0.3) is 0 Å². The number of aromatic amines is 1. The molecule has 0 aromatic carbocycles. The third-order valence-corrected chi connectivity index (χ3v) is 2.94. The summed E-state index contributed by atoms with van der Waals surface area (Å²) < 4.78 is 0.603. The first-order chi connectivity index (χ1) is 5.36. The SMILES string of the molecule is S=c1ncc2c([nH]1)CSCC2. The molecule has 1 aliphatic heterocycles. The van der Waals surface area contributed by atoms with Crippen LogP contribution in [0, 0.1) is 4.77 Å². The molecule has 11 heavy (non-hydrogen) atoms. The molecular weight excluding hydrogens is 176 g/mol. The number of hydrogen-bond acceptors (Lipinski definition) is 3. The predicted octanol–water partition coefficient (Wildman–Crippen LogP) is 1.93. The molecule has 2 heterocycles. The minimum Gasteiger partial charge on any atom is -0.333 e. The molecule has 0 radical (unpaired) electrons. The summed E-state index contributed by atoms with van der Waals surface area (Å²) in [6.07, 6.45) is 3.02. The number of aryl methyl sites for hydroxylation is 1. The van der Waals surface area contributed by atoms with Crippen molar-refractivity contribution in [3.8, 4) is 0 Å². The van der Waals surface area contributed by atoms with E-state index in [1.165, 1.54) is 17.0 Å². The van der Waals surface area contributed by atoms with Gasteiger partial charge in [0.2, 0.25) is 0 Å². The second kappa shape index (κ2) is 2.95. The second-order valence-corrected chi connectivity index (χ2v) is 3.99. The van der Waals surface area contributed by atoms with Crippen molar-refractivity contribution in [1.29, 1.82) is 0 Å². The first kappa shape index (κ1) is 7.31. The molecule has 2 nitrogen and oxygen atoms in total. The fourth-order valence-corrected chi connectivity index (χ4v) is 2.30. The van der Waals surface area contributed by atoms with Crippen LogP contribution in [0.3, 0.4) is 0 Å². The number of aromatic nitrogens is 2. The summed E-state index contributed by atoms with van der Waals surface area (Å²) >= 11 is 6.86. The Labute approximate surface area is 74.4 Å². The summed E-state index contributed by atoms with van der Waals surface area (Å²) in [7, 11) is 0. The Kier molecular flexibility index (Phi) is 1.96. The molecule has 1 aromatic heterocycles. The Morgan fingerprint density at radius 1 is 1.64 bits per heavy atom. The molecule has 58 valence electrons. The monoisotopic (exact) mass is 184 g/mol. The van der Waals surface area contributed by atoms with Gasteiger partial charge in [0.25, 0.3) is 0 Å². The molecule has 2 rings (SSSR count). The summed E-state index contributed by atoms with van der Waals surface area (Å²) in [6, 6.07) is 0. The number of thioether (sulfide) groups is 1. The quantitative estimate of drug-likeness (QED) is 0.625. The van der Waals surface area contributed by atoms with Gasteiger partial charge >= 0.3 is 0 Å². The van der Waals surface area contributed by atoms with Crippen LogP contribution in [0.4, 0.5) is 0 Å². The van der Waals surface area contributed by atoms with Gasteiger partial charge in [-0.1, -0.05) is 0 Å². The van der Waals surface area contributed by atoms with Gasteiger partial charge in [-0.2, -0.15) is 11.8 Å². The molecule has 0 amide bonds. The molecular formula is C7H8N2S2. The maximum atomic E-state index is 4.92. The van der Waals surface area contributed by atoms with Crippen molar-refractivity contribution < 1.29 is 0 Å². The van der Waals surface area contributed by atoms with Gasteiger partial charge in [-0.25, -0.2) is 4.98 Å². The van der Waals surface area contributed by atoms with Crippen LogP contribution in [0.1, 0.15) is 11.3 Å². The van der Waals surface area contributed by atoms with E-state index < -0.39 is 0 Å². The summed E-state index contributed by atoms with van der Waals surface area (Å²) in [6.45, 7) is 0. The summed E-state index contributed by atoms with van der Waals surface area (Å²) in [5.41, 5.74) is 2.60. The number of nitrogens with one attached hydrogen (secondary N) is 1. The molecule has 0 bridgehead atoms.